The van der Waals surface area contributed by atoms with Crippen molar-refractivity contribution in [2.24, 2.45) is 0 Å². The second-order valence-corrected chi connectivity index (χ2v) is 8.45. The first kappa shape index (κ1) is 21.2. The van der Waals surface area contributed by atoms with Crippen LogP contribution in [0.4, 0.5) is 10.1 Å². The SMILES string of the molecule is C=CCOc1ccc(C2c3c(oc4ccc(Br)cc4c3=O)C(=O)N2c2ccc(F)cc2)cc1. The Balaban J connectivity index is 1.72. The van der Waals surface area contributed by atoms with Crippen molar-refractivity contribution in [1.82, 2.24) is 0 Å². The van der Waals surface area contributed by atoms with Crippen molar-refractivity contribution in [3.8, 4) is 5.75 Å². The summed E-state index contributed by atoms with van der Waals surface area (Å²) in [7, 11) is 0. The molecule has 0 aliphatic carbocycles. The number of carbonyl (C=O) groups excluding carboxylic acids is 1. The minimum Gasteiger partial charge on any atom is -0.490 e. The molecule has 1 atom stereocenters. The Morgan fingerprint density at radius 3 is 2.48 bits per heavy atom. The predicted molar refractivity (Wildman–Crippen MR) is 127 cm³/mol. The highest BCUT2D eigenvalue weighted by Gasteiger charge is 2.43. The number of nitrogens with zero attached hydrogens (tertiary/aromatic N) is 1. The molecule has 5 nitrogen and oxygen atoms in total. The van der Waals surface area contributed by atoms with Crippen molar-refractivity contribution in [2.45, 2.75) is 6.04 Å². The summed E-state index contributed by atoms with van der Waals surface area (Å²) in [5, 5.41) is 0.368. The quantitative estimate of drug-likeness (QED) is 0.311. The Kier molecular flexibility index (Phi) is 5.34. The van der Waals surface area contributed by atoms with Crippen molar-refractivity contribution in [2.75, 3.05) is 11.5 Å². The Bertz CT molecular complexity index is 1440. The predicted octanol–water partition coefficient (Wildman–Crippen LogP) is 6.01. The molecule has 1 aliphatic heterocycles. The van der Waals surface area contributed by atoms with Gasteiger partial charge >= 0.3 is 0 Å². The standard InChI is InChI=1S/C26H17BrFNO4/c1-2-13-32-19-10-3-15(4-11-19)23-22-24(30)20-14-16(27)5-12-21(20)33-25(22)26(31)29(23)18-8-6-17(28)7-9-18/h2-12,14,23H,1,13H2. The molecule has 1 amide bonds. The zero-order valence-corrected chi connectivity index (χ0v) is 18.8. The fourth-order valence-electron chi connectivity index (χ4n) is 4.03. The number of hydrogen-bond acceptors (Lipinski definition) is 4. The smallest absolute Gasteiger partial charge is 0.295 e. The average molecular weight is 506 g/mol. The maximum absolute atomic E-state index is 13.6. The van der Waals surface area contributed by atoms with Crippen LogP contribution in [-0.4, -0.2) is 12.5 Å². The van der Waals surface area contributed by atoms with E-state index in [0.29, 0.717) is 34.6 Å². The highest BCUT2D eigenvalue weighted by atomic mass is 79.9. The second-order valence-electron chi connectivity index (χ2n) is 7.54. The van der Waals surface area contributed by atoms with E-state index in [1.54, 1.807) is 48.5 Å². The van der Waals surface area contributed by atoms with E-state index >= 15 is 0 Å². The lowest BCUT2D eigenvalue weighted by Crippen LogP contribution is -2.29. The molecule has 0 bridgehead atoms. The third kappa shape index (κ3) is 3.64. The van der Waals surface area contributed by atoms with Crippen molar-refractivity contribution in [3.05, 3.63) is 117 Å². The number of fused-ring (bicyclic) bond motifs is 2. The number of halogens is 2. The zero-order chi connectivity index (χ0) is 23.1. The van der Waals surface area contributed by atoms with E-state index in [0.717, 1.165) is 4.47 Å². The van der Waals surface area contributed by atoms with Crippen LogP contribution in [0.2, 0.25) is 0 Å². The minimum absolute atomic E-state index is 0.0175. The van der Waals surface area contributed by atoms with Crippen LogP contribution in [0.15, 0.2) is 93.1 Å². The van der Waals surface area contributed by atoms with Gasteiger partial charge < -0.3 is 9.15 Å². The molecular weight excluding hydrogens is 489 g/mol. The molecular formula is C26H17BrFNO4. The number of carbonyl (C=O) groups is 1. The first-order chi connectivity index (χ1) is 16.0. The number of ether oxygens (including phenoxy) is 1. The molecule has 2 heterocycles. The largest absolute Gasteiger partial charge is 0.490 e. The summed E-state index contributed by atoms with van der Waals surface area (Å²) in [6, 6.07) is 17.0. The molecule has 3 aromatic carbocycles. The van der Waals surface area contributed by atoms with Gasteiger partial charge in [0.25, 0.3) is 5.91 Å². The number of rotatable bonds is 5. The average Bonchev–Trinajstić information content (AvgIpc) is 3.11. The lowest BCUT2D eigenvalue weighted by molar-refractivity contribution is 0.0971. The number of anilines is 1. The fraction of sp³-hybridized carbons (Fsp3) is 0.0769. The van der Waals surface area contributed by atoms with Crippen molar-refractivity contribution < 1.29 is 18.3 Å². The van der Waals surface area contributed by atoms with Crippen LogP contribution in [0, 0.1) is 5.82 Å². The molecule has 33 heavy (non-hydrogen) atoms. The molecule has 5 rings (SSSR count). The molecule has 0 radical (unpaired) electrons. The molecule has 1 unspecified atom stereocenters. The first-order valence-corrected chi connectivity index (χ1v) is 11.0. The van der Waals surface area contributed by atoms with Gasteiger partial charge in [-0.25, -0.2) is 4.39 Å². The molecule has 0 saturated carbocycles. The lowest BCUT2D eigenvalue weighted by atomic mass is 9.98. The Morgan fingerprint density at radius 1 is 1.06 bits per heavy atom. The first-order valence-electron chi connectivity index (χ1n) is 10.2. The molecule has 1 aliphatic rings. The van der Waals surface area contributed by atoms with Gasteiger partial charge in [0.1, 0.15) is 23.8 Å². The third-order valence-electron chi connectivity index (χ3n) is 5.50. The zero-order valence-electron chi connectivity index (χ0n) is 17.3. The van der Waals surface area contributed by atoms with E-state index < -0.39 is 17.8 Å². The summed E-state index contributed by atoms with van der Waals surface area (Å²) < 4.78 is 25.8. The maximum Gasteiger partial charge on any atom is 0.295 e. The number of benzene rings is 3. The summed E-state index contributed by atoms with van der Waals surface area (Å²) in [6.45, 7) is 3.99. The van der Waals surface area contributed by atoms with Gasteiger partial charge in [0.2, 0.25) is 5.76 Å². The molecule has 164 valence electrons. The fourth-order valence-corrected chi connectivity index (χ4v) is 4.39. The molecule has 0 fully saturated rings. The van der Waals surface area contributed by atoms with Crippen LogP contribution in [0.5, 0.6) is 5.75 Å². The van der Waals surface area contributed by atoms with Gasteiger partial charge in [-0.3, -0.25) is 14.5 Å². The van der Waals surface area contributed by atoms with Crippen LogP contribution in [0.25, 0.3) is 11.0 Å². The van der Waals surface area contributed by atoms with Gasteiger partial charge in [-0.2, -0.15) is 0 Å². The monoisotopic (exact) mass is 505 g/mol. The number of hydrogen-bond donors (Lipinski definition) is 0. The van der Waals surface area contributed by atoms with Crippen molar-refractivity contribution in [1.29, 1.82) is 0 Å². The Hall–Kier alpha value is -3.71. The second kappa shape index (κ2) is 8.33. The Morgan fingerprint density at radius 2 is 1.79 bits per heavy atom. The molecule has 1 aromatic heterocycles. The van der Waals surface area contributed by atoms with Gasteiger partial charge in [0, 0.05) is 10.2 Å². The van der Waals surface area contributed by atoms with E-state index in [9.17, 15) is 14.0 Å². The topological polar surface area (TPSA) is 59.8 Å². The van der Waals surface area contributed by atoms with Gasteiger partial charge in [-0.05, 0) is 60.2 Å². The van der Waals surface area contributed by atoms with E-state index in [-0.39, 0.29) is 16.8 Å². The van der Waals surface area contributed by atoms with Gasteiger partial charge in [-0.1, -0.05) is 40.7 Å². The van der Waals surface area contributed by atoms with Crippen LogP contribution >= 0.6 is 15.9 Å². The number of amides is 1. The summed E-state index contributed by atoms with van der Waals surface area (Å²) in [5.74, 6) is -0.273. The van der Waals surface area contributed by atoms with Crippen LogP contribution in [0.3, 0.4) is 0 Å². The summed E-state index contributed by atoms with van der Waals surface area (Å²) >= 11 is 3.39. The maximum atomic E-state index is 13.6. The Labute approximate surface area is 196 Å². The van der Waals surface area contributed by atoms with E-state index in [4.69, 9.17) is 9.15 Å². The molecule has 4 aromatic rings. The highest BCUT2D eigenvalue weighted by Crippen LogP contribution is 2.41. The van der Waals surface area contributed by atoms with E-state index in [2.05, 4.69) is 22.5 Å². The van der Waals surface area contributed by atoms with Gasteiger partial charge in [0.15, 0.2) is 5.43 Å². The van der Waals surface area contributed by atoms with Gasteiger partial charge in [0.05, 0.1) is 17.0 Å². The van der Waals surface area contributed by atoms with Crippen LogP contribution < -0.4 is 15.1 Å². The molecule has 0 saturated heterocycles. The third-order valence-corrected chi connectivity index (χ3v) is 5.99. The molecule has 0 spiro atoms. The normalized spacial score (nSPS) is 15.0. The molecule has 7 heteroatoms. The van der Waals surface area contributed by atoms with Crippen molar-refractivity contribution in [3.63, 3.8) is 0 Å². The highest BCUT2D eigenvalue weighted by molar-refractivity contribution is 9.10. The molecule has 0 N–H and O–H groups in total. The van der Waals surface area contributed by atoms with Crippen LogP contribution in [-0.2, 0) is 0 Å². The summed E-state index contributed by atoms with van der Waals surface area (Å²) in [5.41, 5.74) is 1.42. The summed E-state index contributed by atoms with van der Waals surface area (Å²) in [6.07, 6.45) is 1.64. The lowest BCUT2D eigenvalue weighted by Gasteiger charge is -2.25. The minimum atomic E-state index is -0.744. The van der Waals surface area contributed by atoms with Crippen molar-refractivity contribution >= 4 is 38.5 Å². The van der Waals surface area contributed by atoms with Gasteiger partial charge in [-0.15, -0.1) is 0 Å². The summed E-state index contributed by atoms with van der Waals surface area (Å²) in [4.78, 5) is 28.5. The van der Waals surface area contributed by atoms with E-state index in [1.165, 1.54) is 29.2 Å². The van der Waals surface area contributed by atoms with E-state index in [1.807, 2.05) is 0 Å². The van der Waals surface area contributed by atoms with Crippen LogP contribution in [0.1, 0.15) is 27.7 Å².